The number of nitrogens with zero attached hydrogens (tertiary/aromatic N) is 6. The van der Waals surface area contributed by atoms with E-state index in [1.807, 2.05) is 63.2 Å². The van der Waals surface area contributed by atoms with Crippen molar-refractivity contribution in [3.63, 3.8) is 0 Å². The fourth-order valence-electron chi connectivity index (χ4n) is 6.32. The van der Waals surface area contributed by atoms with E-state index in [0.29, 0.717) is 82.0 Å². The average Bonchev–Trinajstić information content (AvgIpc) is 3.38. The molecule has 3 rings (SSSR count). The van der Waals surface area contributed by atoms with Crippen LogP contribution in [-0.4, -0.2) is 244 Å². The molecule has 6 N–H and O–H groups in total. The highest BCUT2D eigenvalue weighted by Gasteiger charge is 2.23. The van der Waals surface area contributed by atoms with Crippen LogP contribution in [0.4, 0.5) is 17.8 Å². The molecule has 0 amide bonds. The molecule has 0 aliphatic heterocycles. The number of hydrogen-bond donors (Lipinski definition) is 6. The Hall–Kier alpha value is -4.15. The van der Waals surface area contributed by atoms with Crippen LogP contribution in [0, 0.1) is 0 Å². The zero-order chi connectivity index (χ0) is 50.0. The minimum Gasteiger partial charge on any atom is -0.491 e. The quantitative estimate of drug-likeness (QED) is 0.0391. The van der Waals surface area contributed by atoms with E-state index < -0.39 is 0 Å². The predicted molar refractivity (Wildman–Crippen MR) is 258 cm³/mol. The first-order chi connectivity index (χ1) is 34.6. The maximum atomic E-state index is 9.50. The fraction of sp³-hybridized carbons (Fsp3) is 0.681. The second-order valence-electron chi connectivity index (χ2n) is 14.8. The SMILES string of the molecule is OCCOCCOCCN(CCOCCO)c1nc(N(CCOCCOCCO)Cc2ccccc2OCCOCCO)nc(N(CCOCCOCCO)Cc2ccccc2OCCOCCO)n1. The summed E-state index contributed by atoms with van der Waals surface area (Å²) in [6.45, 7) is 6.25. The smallest absolute Gasteiger partial charge is 0.232 e. The van der Waals surface area contributed by atoms with Gasteiger partial charge in [0.05, 0.1) is 159 Å². The first-order valence-electron chi connectivity index (χ1n) is 23.9. The molecule has 0 saturated carbocycles. The van der Waals surface area contributed by atoms with Crippen molar-refractivity contribution in [3.05, 3.63) is 59.7 Å². The van der Waals surface area contributed by atoms with Crippen molar-refractivity contribution in [2.45, 2.75) is 13.1 Å². The van der Waals surface area contributed by atoms with Gasteiger partial charge in [0.15, 0.2) is 0 Å². The Morgan fingerprint density at radius 2 is 0.557 bits per heavy atom. The number of rotatable bonds is 48. The number of aliphatic hydroxyl groups excluding tert-OH is 6. The van der Waals surface area contributed by atoms with Crippen LogP contribution in [0.3, 0.4) is 0 Å². The lowest BCUT2D eigenvalue weighted by Gasteiger charge is -2.30. The molecule has 23 heteroatoms. The van der Waals surface area contributed by atoms with E-state index in [1.54, 1.807) is 0 Å². The van der Waals surface area contributed by atoms with E-state index in [-0.39, 0.29) is 158 Å². The topological polar surface area (TPSA) is 271 Å². The summed E-state index contributed by atoms with van der Waals surface area (Å²) in [4.78, 5) is 21.3. The maximum absolute atomic E-state index is 9.50. The Labute approximate surface area is 411 Å². The van der Waals surface area contributed by atoms with E-state index in [9.17, 15) is 25.5 Å². The molecule has 0 aliphatic carbocycles. The van der Waals surface area contributed by atoms with Crippen LogP contribution in [-0.2, 0) is 55.7 Å². The van der Waals surface area contributed by atoms with Crippen LogP contribution in [0.5, 0.6) is 11.5 Å². The van der Waals surface area contributed by atoms with E-state index in [2.05, 4.69) is 0 Å². The Morgan fingerprint density at radius 3 is 0.886 bits per heavy atom. The van der Waals surface area contributed by atoms with Gasteiger partial charge in [-0.3, -0.25) is 0 Å². The molecule has 0 bridgehead atoms. The molecule has 1 aromatic heterocycles. The number of aromatic nitrogens is 3. The standard InChI is InChI=1S/C47H78N6O17/c54-13-23-60-19-9-51(10-20-61-29-32-64-24-14-55)45-48-46(52(11-21-62-30-33-65-25-15-56)39-41-5-1-3-7-43(41)69-37-35-67-27-17-58)50-47(49-45)53(12-22-63-31-34-66-26-16-57)40-42-6-2-4-8-44(42)70-38-36-68-28-18-59/h1-8,54-59H,9-40H2. The summed E-state index contributed by atoms with van der Waals surface area (Å²) in [5.41, 5.74) is 1.65. The van der Waals surface area contributed by atoms with Crippen molar-refractivity contribution in [1.82, 2.24) is 15.0 Å². The summed E-state index contributed by atoms with van der Waals surface area (Å²) in [7, 11) is 0. The highest BCUT2D eigenvalue weighted by atomic mass is 16.5. The van der Waals surface area contributed by atoms with E-state index in [0.717, 1.165) is 11.1 Å². The van der Waals surface area contributed by atoms with Gasteiger partial charge in [-0.2, -0.15) is 15.0 Å². The molecule has 1 heterocycles. The van der Waals surface area contributed by atoms with Crippen LogP contribution in [0.15, 0.2) is 48.5 Å². The van der Waals surface area contributed by atoms with Crippen LogP contribution in [0.25, 0.3) is 0 Å². The van der Waals surface area contributed by atoms with Crippen molar-refractivity contribution in [3.8, 4) is 11.5 Å². The number of hydrogen-bond acceptors (Lipinski definition) is 23. The highest BCUT2D eigenvalue weighted by Crippen LogP contribution is 2.27. The second-order valence-corrected chi connectivity index (χ2v) is 14.8. The molecule has 0 fully saturated rings. The summed E-state index contributed by atoms with van der Waals surface area (Å²) in [6.07, 6.45) is 0. The Balaban J connectivity index is 2.16. The Bertz CT molecular complexity index is 1590. The first kappa shape index (κ1) is 60.2. The van der Waals surface area contributed by atoms with E-state index in [1.165, 1.54) is 0 Å². The summed E-state index contributed by atoms with van der Waals surface area (Å²) in [6, 6.07) is 15.2. The molecule has 2 aromatic carbocycles. The first-order valence-corrected chi connectivity index (χ1v) is 23.9. The molecule has 0 unspecified atom stereocenters. The normalized spacial score (nSPS) is 11.3. The molecule has 0 radical (unpaired) electrons. The van der Waals surface area contributed by atoms with E-state index >= 15 is 0 Å². The van der Waals surface area contributed by atoms with Crippen molar-refractivity contribution in [2.24, 2.45) is 0 Å². The molecule has 23 nitrogen and oxygen atoms in total. The van der Waals surface area contributed by atoms with Crippen molar-refractivity contribution < 1.29 is 82.7 Å². The third kappa shape index (κ3) is 26.9. The lowest BCUT2D eigenvalue weighted by molar-refractivity contribution is 0.0346. The van der Waals surface area contributed by atoms with Crippen molar-refractivity contribution >= 4 is 17.8 Å². The molecular weight excluding hydrogens is 921 g/mol. The van der Waals surface area contributed by atoms with Crippen molar-refractivity contribution in [1.29, 1.82) is 0 Å². The van der Waals surface area contributed by atoms with Gasteiger partial charge in [-0.05, 0) is 12.1 Å². The van der Waals surface area contributed by atoms with Crippen molar-refractivity contribution in [2.75, 3.05) is 213 Å². The van der Waals surface area contributed by atoms with Crippen LogP contribution < -0.4 is 24.2 Å². The fourth-order valence-corrected chi connectivity index (χ4v) is 6.32. The predicted octanol–water partition coefficient (Wildman–Crippen LogP) is -0.448. The number of ether oxygens (including phenoxy) is 11. The number of aliphatic hydroxyl groups is 6. The van der Waals surface area contributed by atoms with E-state index in [4.69, 9.17) is 72.2 Å². The largest absolute Gasteiger partial charge is 0.491 e. The summed E-state index contributed by atoms with van der Waals surface area (Å²) < 4.78 is 63.2. The number of benzene rings is 2. The Kier molecular flexibility index (Phi) is 35.6. The van der Waals surface area contributed by atoms with Gasteiger partial charge in [0.1, 0.15) is 24.7 Å². The molecule has 0 aliphatic rings. The minimum absolute atomic E-state index is 0.0893. The molecule has 398 valence electrons. The van der Waals surface area contributed by atoms with Gasteiger partial charge in [-0.25, -0.2) is 0 Å². The third-order valence-electron chi connectivity index (χ3n) is 9.64. The molecule has 0 saturated heterocycles. The van der Waals surface area contributed by atoms with Gasteiger partial charge in [0.25, 0.3) is 0 Å². The number of anilines is 3. The zero-order valence-corrected chi connectivity index (χ0v) is 40.6. The summed E-state index contributed by atoms with van der Waals surface area (Å²) in [5.74, 6) is 2.19. The second kappa shape index (κ2) is 41.5. The van der Waals surface area contributed by atoms with Gasteiger partial charge in [0, 0.05) is 50.4 Å². The highest BCUT2D eigenvalue weighted by molar-refractivity contribution is 5.49. The molecule has 70 heavy (non-hydrogen) atoms. The van der Waals surface area contributed by atoms with Crippen LogP contribution in [0.2, 0.25) is 0 Å². The lowest BCUT2D eigenvalue weighted by Crippen LogP contribution is -2.36. The van der Waals surface area contributed by atoms with Gasteiger partial charge >= 0.3 is 0 Å². The summed E-state index contributed by atoms with van der Waals surface area (Å²) in [5, 5.41) is 55.3. The van der Waals surface area contributed by atoms with Crippen LogP contribution >= 0.6 is 0 Å². The number of para-hydroxylation sites is 2. The zero-order valence-electron chi connectivity index (χ0n) is 40.6. The lowest BCUT2D eigenvalue weighted by atomic mass is 10.2. The van der Waals surface area contributed by atoms with Gasteiger partial charge < -0.3 is 97.4 Å². The third-order valence-corrected chi connectivity index (χ3v) is 9.64. The van der Waals surface area contributed by atoms with Gasteiger partial charge in [-0.1, -0.05) is 36.4 Å². The maximum Gasteiger partial charge on any atom is 0.232 e. The molecule has 0 atom stereocenters. The molecular formula is C47H78N6O17. The monoisotopic (exact) mass is 999 g/mol. The molecule has 0 spiro atoms. The minimum atomic E-state index is -0.145. The average molecular weight is 999 g/mol. The Morgan fingerprint density at radius 1 is 0.300 bits per heavy atom. The van der Waals surface area contributed by atoms with Gasteiger partial charge in [-0.15, -0.1) is 0 Å². The van der Waals surface area contributed by atoms with Gasteiger partial charge in [0.2, 0.25) is 17.8 Å². The molecule has 3 aromatic rings. The summed E-state index contributed by atoms with van der Waals surface area (Å²) >= 11 is 0. The van der Waals surface area contributed by atoms with Crippen LogP contribution in [0.1, 0.15) is 11.1 Å².